The van der Waals surface area contributed by atoms with Crippen LogP contribution in [0.25, 0.3) is 22.0 Å². The highest BCUT2D eigenvalue weighted by atomic mass is 16.6. The Balaban J connectivity index is 1.28. The number of aromatic nitrogens is 2. The smallest absolute Gasteiger partial charge is 0.416 e. The number of carbonyl (C=O) groups is 1. The lowest BCUT2D eigenvalue weighted by Gasteiger charge is -2.22. The third-order valence-corrected chi connectivity index (χ3v) is 6.08. The normalized spacial score (nSPS) is 14.1. The van der Waals surface area contributed by atoms with Gasteiger partial charge in [0, 0.05) is 36.1 Å². The Hall–Kier alpha value is -3.58. The van der Waals surface area contributed by atoms with Crippen molar-refractivity contribution in [2.75, 3.05) is 26.2 Å². The summed E-state index contributed by atoms with van der Waals surface area (Å²) in [5.74, 6) is 1.02. The molecule has 0 spiro atoms. The van der Waals surface area contributed by atoms with E-state index in [1.165, 1.54) is 12.8 Å². The molecule has 4 aromatic rings. The number of likely N-dealkylation sites (tertiary alicyclic amines) is 1. The zero-order chi connectivity index (χ0) is 22.5. The molecule has 0 unspecified atom stereocenters. The standard InChI is InChI=1S/C26H28N4O3/c31-26(33-25-6-1-2-10-28-25)30(15-5-14-29-12-3-4-13-29)18-23-17-22(19-32-23)20-7-8-24-21(16-20)9-11-27-24/h1-2,6-11,16-17,19,27H,3-5,12-15,18H2. The molecule has 4 heterocycles. The topological polar surface area (TPSA) is 74.6 Å². The number of nitrogens with one attached hydrogen (secondary N) is 1. The van der Waals surface area contributed by atoms with Crippen LogP contribution in [0.2, 0.25) is 0 Å². The summed E-state index contributed by atoms with van der Waals surface area (Å²) < 4.78 is 11.4. The SMILES string of the molecule is O=C(Oc1ccccn1)N(CCCN1CCCC1)Cc1cc(-c2ccc3[nH]ccc3c2)co1. The maximum absolute atomic E-state index is 12.9. The average Bonchev–Trinajstić information content (AvgIpc) is 3.60. The summed E-state index contributed by atoms with van der Waals surface area (Å²) in [4.78, 5) is 24.4. The highest BCUT2D eigenvalue weighted by Gasteiger charge is 2.20. The van der Waals surface area contributed by atoms with Crippen LogP contribution in [-0.2, 0) is 6.54 Å². The van der Waals surface area contributed by atoms with Gasteiger partial charge in [0.2, 0.25) is 5.88 Å². The number of furan rings is 1. The number of pyridine rings is 1. The van der Waals surface area contributed by atoms with Crippen LogP contribution in [0.3, 0.4) is 0 Å². The zero-order valence-corrected chi connectivity index (χ0v) is 18.6. The monoisotopic (exact) mass is 444 g/mol. The van der Waals surface area contributed by atoms with Crippen molar-refractivity contribution in [2.45, 2.75) is 25.8 Å². The summed E-state index contributed by atoms with van der Waals surface area (Å²) in [7, 11) is 0. The first-order valence-electron chi connectivity index (χ1n) is 11.5. The number of carbonyl (C=O) groups excluding carboxylic acids is 1. The minimum Gasteiger partial charge on any atom is -0.467 e. The van der Waals surface area contributed by atoms with Crippen molar-refractivity contribution in [1.29, 1.82) is 0 Å². The van der Waals surface area contributed by atoms with Gasteiger partial charge in [-0.2, -0.15) is 0 Å². The van der Waals surface area contributed by atoms with Crippen molar-refractivity contribution in [3.63, 3.8) is 0 Å². The van der Waals surface area contributed by atoms with E-state index < -0.39 is 6.09 Å². The second kappa shape index (κ2) is 9.92. The first kappa shape index (κ1) is 21.3. The molecule has 0 saturated carbocycles. The molecule has 1 N–H and O–H groups in total. The number of benzene rings is 1. The Morgan fingerprint density at radius 1 is 1.12 bits per heavy atom. The predicted molar refractivity (Wildman–Crippen MR) is 127 cm³/mol. The molecular weight excluding hydrogens is 416 g/mol. The van der Waals surface area contributed by atoms with Crippen LogP contribution in [0.1, 0.15) is 25.0 Å². The fraction of sp³-hybridized carbons (Fsp3) is 0.308. The Kier molecular flexibility index (Phi) is 6.39. The second-order valence-electron chi connectivity index (χ2n) is 8.44. The van der Waals surface area contributed by atoms with E-state index in [2.05, 4.69) is 39.1 Å². The van der Waals surface area contributed by atoms with E-state index in [4.69, 9.17) is 9.15 Å². The third kappa shape index (κ3) is 5.26. The molecule has 5 rings (SSSR count). The van der Waals surface area contributed by atoms with Gasteiger partial charge in [0.15, 0.2) is 0 Å². The second-order valence-corrected chi connectivity index (χ2v) is 8.44. The van der Waals surface area contributed by atoms with Crippen LogP contribution in [0, 0.1) is 0 Å². The molecule has 1 amide bonds. The summed E-state index contributed by atoms with van der Waals surface area (Å²) >= 11 is 0. The molecular formula is C26H28N4O3. The molecule has 1 aliphatic heterocycles. The summed E-state index contributed by atoms with van der Waals surface area (Å²) in [5.41, 5.74) is 3.17. The number of rotatable bonds is 8. The molecule has 1 saturated heterocycles. The van der Waals surface area contributed by atoms with Gasteiger partial charge in [-0.1, -0.05) is 12.1 Å². The summed E-state index contributed by atoms with van der Waals surface area (Å²) in [6.07, 6.45) is 8.28. The Morgan fingerprint density at radius 2 is 2.03 bits per heavy atom. The zero-order valence-electron chi connectivity index (χ0n) is 18.6. The van der Waals surface area contributed by atoms with Crippen molar-refractivity contribution in [3.8, 4) is 17.0 Å². The van der Waals surface area contributed by atoms with Crippen LogP contribution in [0.5, 0.6) is 5.88 Å². The fourth-order valence-corrected chi connectivity index (χ4v) is 4.32. The number of aromatic amines is 1. The van der Waals surface area contributed by atoms with E-state index in [0.29, 0.717) is 19.0 Å². The first-order valence-corrected chi connectivity index (χ1v) is 11.5. The molecule has 7 nitrogen and oxygen atoms in total. The number of hydrogen-bond acceptors (Lipinski definition) is 5. The molecule has 170 valence electrons. The van der Waals surface area contributed by atoms with Gasteiger partial charge in [-0.15, -0.1) is 0 Å². The molecule has 1 fully saturated rings. The highest BCUT2D eigenvalue weighted by molar-refractivity contribution is 5.84. The van der Waals surface area contributed by atoms with E-state index in [1.54, 1.807) is 35.6 Å². The lowest BCUT2D eigenvalue weighted by atomic mass is 10.1. The van der Waals surface area contributed by atoms with Crippen LogP contribution in [0.15, 0.2) is 71.6 Å². The van der Waals surface area contributed by atoms with Crippen LogP contribution in [0.4, 0.5) is 4.79 Å². The van der Waals surface area contributed by atoms with Gasteiger partial charge < -0.3 is 23.9 Å². The van der Waals surface area contributed by atoms with E-state index >= 15 is 0 Å². The first-order chi connectivity index (χ1) is 16.2. The quantitative estimate of drug-likeness (QED) is 0.399. The van der Waals surface area contributed by atoms with Crippen LogP contribution < -0.4 is 4.74 Å². The molecule has 0 bridgehead atoms. The van der Waals surface area contributed by atoms with Gasteiger partial charge in [-0.05, 0) is 80.2 Å². The minimum absolute atomic E-state index is 0.298. The molecule has 3 aromatic heterocycles. The number of nitrogens with zero attached hydrogens (tertiary/aromatic N) is 3. The molecule has 33 heavy (non-hydrogen) atoms. The maximum atomic E-state index is 12.9. The fourth-order valence-electron chi connectivity index (χ4n) is 4.32. The van der Waals surface area contributed by atoms with Gasteiger partial charge >= 0.3 is 6.09 Å². The van der Waals surface area contributed by atoms with Gasteiger partial charge in [0.25, 0.3) is 0 Å². The highest BCUT2D eigenvalue weighted by Crippen LogP contribution is 2.26. The van der Waals surface area contributed by atoms with Crippen molar-refractivity contribution >= 4 is 17.0 Å². The molecule has 0 aliphatic carbocycles. The van der Waals surface area contributed by atoms with Gasteiger partial charge in [-0.3, -0.25) is 0 Å². The predicted octanol–water partition coefficient (Wildman–Crippen LogP) is 5.31. The van der Waals surface area contributed by atoms with Crippen molar-refractivity contribution < 1.29 is 13.9 Å². The van der Waals surface area contributed by atoms with Crippen molar-refractivity contribution in [2.24, 2.45) is 0 Å². The minimum atomic E-state index is -0.415. The third-order valence-electron chi connectivity index (χ3n) is 6.08. The van der Waals surface area contributed by atoms with Crippen LogP contribution >= 0.6 is 0 Å². The number of hydrogen-bond donors (Lipinski definition) is 1. The summed E-state index contributed by atoms with van der Waals surface area (Å²) in [6, 6.07) is 15.6. The van der Waals surface area contributed by atoms with Gasteiger partial charge in [0.05, 0.1) is 12.8 Å². The summed E-state index contributed by atoms with van der Waals surface area (Å²) in [5, 5.41) is 1.15. The summed E-state index contributed by atoms with van der Waals surface area (Å²) in [6.45, 7) is 4.20. The van der Waals surface area contributed by atoms with E-state index in [-0.39, 0.29) is 0 Å². The Labute approximate surface area is 193 Å². The number of fused-ring (bicyclic) bond motifs is 1. The van der Waals surface area contributed by atoms with Crippen LogP contribution in [-0.4, -0.2) is 52.0 Å². The van der Waals surface area contributed by atoms with Gasteiger partial charge in [0.1, 0.15) is 5.76 Å². The molecule has 1 aromatic carbocycles. The van der Waals surface area contributed by atoms with Gasteiger partial charge in [-0.25, -0.2) is 9.78 Å². The number of H-pyrrole nitrogens is 1. The van der Waals surface area contributed by atoms with Crippen molar-refractivity contribution in [1.82, 2.24) is 19.8 Å². The largest absolute Gasteiger partial charge is 0.467 e. The average molecular weight is 445 g/mol. The molecule has 7 heteroatoms. The van der Waals surface area contributed by atoms with E-state index in [9.17, 15) is 4.79 Å². The van der Waals surface area contributed by atoms with E-state index in [1.807, 2.05) is 12.3 Å². The lowest BCUT2D eigenvalue weighted by Crippen LogP contribution is -2.35. The number of ether oxygens (including phenoxy) is 1. The lowest BCUT2D eigenvalue weighted by molar-refractivity contribution is 0.141. The molecule has 1 aliphatic rings. The molecule has 0 atom stereocenters. The molecule has 0 radical (unpaired) electrons. The van der Waals surface area contributed by atoms with E-state index in [0.717, 1.165) is 53.8 Å². The maximum Gasteiger partial charge on any atom is 0.416 e. The Morgan fingerprint density at radius 3 is 2.88 bits per heavy atom. The van der Waals surface area contributed by atoms with Crippen molar-refractivity contribution in [3.05, 3.63) is 72.9 Å². The Bertz CT molecular complexity index is 1190. The number of amides is 1.